The summed E-state index contributed by atoms with van der Waals surface area (Å²) in [5.41, 5.74) is 5.75. The number of fused-ring (bicyclic) bond motifs is 1. The van der Waals surface area contributed by atoms with Gasteiger partial charge in [-0.1, -0.05) is 36.8 Å². The first-order chi connectivity index (χ1) is 15.5. The molecule has 1 fully saturated rings. The third kappa shape index (κ3) is 6.14. The number of hydrogen-bond acceptors (Lipinski definition) is 5. The van der Waals surface area contributed by atoms with Gasteiger partial charge in [0.2, 0.25) is 0 Å². The van der Waals surface area contributed by atoms with Gasteiger partial charge in [-0.3, -0.25) is 4.79 Å². The van der Waals surface area contributed by atoms with Crippen LogP contribution in [0, 0.1) is 6.92 Å². The highest BCUT2D eigenvalue weighted by molar-refractivity contribution is 5.96. The van der Waals surface area contributed by atoms with Crippen molar-refractivity contribution >= 4 is 34.7 Å². The van der Waals surface area contributed by atoms with E-state index in [0.29, 0.717) is 0 Å². The summed E-state index contributed by atoms with van der Waals surface area (Å²) in [4.78, 5) is 25.1. The highest BCUT2D eigenvalue weighted by Crippen LogP contribution is 2.23. The van der Waals surface area contributed by atoms with Crippen LogP contribution in [0.4, 0.5) is 5.82 Å². The minimum absolute atomic E-state index is 0.0651. The molecule has 168 valence electrons. The van der Waals surface area contributed by atoms with Gasteiger partial charge in [-0.2, -0.15) is 0 Å². The molecule has 0 saturated carbocycles. The molecular weight excluding hydrogens is 398 g/mol. The van der Waals surface area contributed by atoms with Crippen LogP contribution in [0.15, 0.2) is 48.4 Å². The van der Waals surface area contributed by atoms with E-state index in [2.05, 4.69) is 52.0 Å². The zero-order valence-corrected chi connectivity index (χ0v) is 19.5. The lowest BCUT2D eigenvalue weighted by molar-refractivity contribution is -0.112. The molecule has 1 aliphatic rings. The molecule has 6 heteroatoms. The van der Waals surface area contributed by atoms with Crippen molar-refractivity contribution in [2.24, 2.45) is 0 Å². The van der Waals surface area contributed by atoms with Gasteiger partial charge >= 0.3 is 0 Å². The standard InChI is InChI=1S/C14H22N4.C12H11NO/c1-4-11(2)9-13-12(3)16-10-17-14(13)18-7-5-15-6-8-18;1-9(14)6-7-10-8-13-12-5-3-2-4-11(10)12/h9-10,15H,4-8H2,1-3H3;2-8,13H,1H3/b11-9+;7-6+. The van der Waals surface area contributed by atoms with Gasteiger partial charge < -0.3 is 15.2 Å². The van der Waals surface area contributed by atoms with Crippen LogP contribution in [0.25, 0.3) is 23.1 Å². The Kier molecular flexibility index (Phi) is 8.34. The summed E-state index contributed by atoms with van der Waals surface area (Å²) < 4.78 is 0. The number of para-hydroxylation sites is 1. The van der Waals surface area contributed by atoms with E-state index in [1.807, 2.05) is 36.5 Å². The van der Waals surface area contributed by atoms with Gasteiger partial charge in [0.1, 0.15) is 12.1 Å². The lowest BCUT2D eigenvalue weighted by Crippen LogP contribution is -2.44. The zero-order valence-electron chi connectivity index (χ0n) is 19.5. The predicted molar refractivity (Wildman–Crippen MR) is 134 cm³/mol. The first kappa shape index (κ1) is 23.4. The van der Waals surface area contributed by atoms with E-state index in [-0.39, 0.29) is 5.78 Å². The third-order valence-electron chi connectivity index (χ3n) is 5.55. The van der Waals surface area contributed by atoms with E-state index in [9.17, 15) is 4.79 Å². The van der Waals surface area contributed by atoms with Crippen LogP contribution in [0.3, 0.4) is 0 Å². The number of aryl methyl sites for hydroxylation is 1. The molecule has 1 aliphatic heterocycles. The predicted octanol–water partition coefficient (Wildman–Crippen LogP) is 4.78. The van der Waals surface area contributed by atoms with Gasteiger partial charge in [0.15, 0.2) is 5.78 Å². The van der Waals surface area contributed by atoms with Crippen molar-refractivity contribution in [3.63, 3.8) is 0 Å². The molecule has 2 aromatic heterocycles. The summed E-state index contributed by atoms with van der Waals surface area (Å²) >= 11 is 0. The number of H-pyrrole nitrogens is 1. The third-order valence-corrected chi connectivity index (χ3v) is 5.55. The minimum Gasteiger partial charge on any atom is -0.361 e. The van der Waals surface area contributed by atoms with E-state index < -0.39 is 0 Å². The van der Waals surface area contributed by atoms with Crippen LogP contribution >= 0.6 is 0 Å². The van der Waals surface area contributed by atoms with E-state index in [1.165, 1.54) is 11.1 Å². The fourth-order valence-electron chi connectivity index (χ4n) is 3.56. The molecule has 6 nitrogen and oxygen atoms in total. The summed E-state index contributed by atoms with van der Waals surface area (Å²) in [7, 11) is 0. The molecule has 3 aromatic rings. The monoisotopic (exact) mass is 431 g/mol. The number of aromatic amines is 1. The molecule has 0 radical (unpaired) electrons. The Hall–Kier alpha value is -3.25. The summed E-state index contributed by atoms with van der Waals surface area (Å²) in [6, 6.07) is 8.02. The second kappa shape index (κ2) is 11.4. The van der Waals surface area contributed by atoms with Crippen LogP contribution in [0.2, 0.25) is 0 Å². The SMILES string of the molecule is CC(=O)/C=C/c1c[nH]c2ccccc12.CC/C(C)=C/c1c(C)ncnc1N1CCNCC1. The van der Waals surface area contributed by atoms with Gasteiger partial charge in [0, 0.05) is 48.8 Å². The number of allylic oxidation sites excluding steroid dienone is 2. The first-order valence-electron chi connectivity index (χ1n) is 11.2. The van der Waals surface area contributed by atoms with Crippen molar-refractivity contribution in [1.82, 2.24) is 20.3 Å². The number of carbonyl (C=O) groups excluding carboxylic acids is 1. The molecule has 4 rings (SSSR count). The second-order valence-electron chi connectivity index (χ2n) is 8.01. The quantitative estimate of drug-likeness (QED) is 0.569. The molecule has 0 spiro atoms. The maximum absolute atomic E-state index is 10.8. The Bertz CT molecular complexity index is 1110. The Morgan fingerprint density at radius 1 is 1.16 bits per heavy atom. The van der Waals surface area contributed by atoms with Crippen LogP contribution in [0.5, 0.6) is 0 Å². The van der Waals surface area contributed by atoms with Gasteiger partial charge in [0.25, 0.3) is 0 Å². The van der Waals surface area contributed by atoms with Crippen LogP contribution < -0.4 is 10.2 Å². The highest BCUT2D eigenvalue weighted by Gasteiger charge is 2.16. The molecule has 3 heterocycles. The smallest absolute Gasteiger partial charge is 0.152 e. The topological polar surface area (TPSA) is 73.9 Å². The lowest BCUT2D eigenvalue weighted by Gasteiger charge is -2.29. The largest absolute Gasteiger partial charge is 0.361 e. The van der Waals surface area contributed by atoms with Crippen molar-refractivity contribution < 1.29 is 4.79 Å². The summed E-state index contributed by atoms with van der Waals surface area (Å²) in [5, 5.41) is 4.51. The van der Waals surface area contributed by atoms with Gasteiger partial charge in [-0.25, -0.2) is 9.97 Å². The number of nitrogens with one attached hydrogen (secondary N) is 2. The molecule has 0 unspecified atom stereocenters. The van der Waals surface area contributed by atoms with Crippen molar-refractivity contribution in [1.29, 1.82) is 0 Å². The molecule has 32 heavy (non-hydrogen) atoms. The average Bonchev–Trinajstić information content (AvgIpc) is 3.23. The number of piperazine rings is 1. The van der Waals surface area contributed by atoms with Gasteiger partial charge in [0.05, 0.1) is 5.69 Å². The molecule has 2 N–H and O–H groups in total. The van der Waals surface area contributed by atoms with Gasteiger partial charge in [-0.15, -0.1) is 0 Å². The van der Waals surface area contributed by atoms with Crippen molar-refractivity contribution in [2.45, 2.75) is 34.1 Å². The molecule has 1 aromatic carbocycles. The Morgan fingerprint density at radius 2 is 1.91 bits per heavy atom. The number of benzene rings is 1. The molecular formula is C26H33N5O. The highest BCUT2D eigenvalue weighted by atomic mass is 16.1. The number of carbonyl (C=O) groups is 1. The maximum atomic E-state index is 10.8. The number of nitrogens with zero attached hydrogens (tertiary/aromatic N) is 3. The number of aromatic nitrogens is 3. The molecule has 0 aliphatic carbocycles. The number of hydrogen-bond donors (Lipinski definition) is 2. The Morgan fingerprint density at radius 3 is 2.62 bits per heavy atom. The van der Waals surface area contributed by atoms with E-state index in [0.717, 1.165) is 60.6 Å². The van der Waals surface area contributed by atoms with Gasteiger partial charge in [-0.05, 0) is 51.0 Å². The molecule has 0 bridgehead atoms. The Labute approximate surface area is 190 Å². The Balaban J connectivity index is 0.000000186. The second-order valence-corrected chi connectivity index (χ2v) is 8.01. The summed E-state index contributed by atoms with van der Waals surface area (Å²) in [6.07, 6.45) is 10.3. The first-order valence-corrected chi connectivity index (χ1v) is 11.2. The summed E-state index contributed by atoms with van der Waals surface area (Å²) in [6.45, 7) is 12.0. The van der Waals surface area contributed by atoms with Crippen molar-refractivity contribution in [2.75, 3.05) is 31.1 Å². The number of ketones is 1. The minimum atomic E-state index is 0.0651. The fourth-order valence-corrected chi connectivity index (χ4v) is 3.56. The number of anilines is 1. The zero-order chi connectivity index (χ0) is 22.9. The molecule has 0 amide bonds. The van der Waals surface area contributed by atoms with E-state index in [1.54, 1.807) is 19.3 Å². The normalized spacial score (nSPS) is 14.5. The van der Waals surface area contributed by atoms with Crippen LogP contribution in [0.1, 0.15) is 44.0 Å². The van der Waals surface area contributed by atoms with Crippen molar-refractivity contribution in [3.8, 4) is 0 Å². The number of rotatable bonds is 5. The van der Waals surface area contributed by atoms with Crippen LogP contribution in [-0.4, -0.2) is 46.9 Å². The molecule has 0 atom stereocenters. The lowest BCUT2D eigenvalue weighted by atomic mass is 10.1. The van der Waals surface area contributed by atoms with E-state index >= 15 is 0 Å². The average molecular weight is 432 g/mol. The maximum Gasteiger partial charge on any atom is 0.152 e. The molecule has 1 saturated heterocycles. The van der Waals surface area contributed by atoms with Crippen LogP contribution in [-0.2, 0) is 4.79 Å². The van der Waals surface area contributed by atoms with E-state index in [4.69, 9.17) is 0 Å². The summed E-state index contributed by atoms with van der Waals surface area (Å²) in [5.74, 6) is 1.15. The van der Waals surface area contributed by atoms with Crippen molar-refractivity contribution in [3.05, 3.63) is 65.3 Å². The fraction of sp³-hybridized carbons (Fsp3) is 0.346.